The van der Waals surface area contributed by atoms with Crippen LogP contribution in [-0.4, -0.2) is 28.4 Å². The van der Waals surface area contributed by atoms with Crippen molar-refractivity contribution in [3.63, 3.8) is 0 Å². The van der Waals surface area contributed by atoms with Crippen molar-refractivity contribution in [1.29, 1.82) is 0 Å². The van der Waals surface area contributed by atoms with E-state index in [1.807, 2.05) is 35.0 Å². The zero-order chi connectivity index (χ0) is 15.9. The van der Waals surface area contributed by atoms with Crippen molar-refractivity contribution in [2.45, 2.75) is 31.5 Å². The number of imidazole rings is 1. The molecule has 1 heterocycles. The van der Waals surface area contributed by atoms with Gasteiger partial charge in [-0.1, -0.05) is 48.5 Å². The van der Waals surface area contributed by atoms with Crippen LogP contribution in [0.4, 0.5) is 0 Å². The monoisotopic (exact) mass is 338 g/mol. The van der Waals surface area contributed by atoms with Gasteiger partial charge in [0.15, 0.2) is 5.16 Å². The van der Waals surface area contributed by atoms with Crippen LogP contribution in [0.3, 0.4) is 0 Å². The zero-order valence-corrected chi connectivity index (χ0v) is 14.3. The Morgan fingerprint density at radius 3 is 2.86 bits per heavy atom. The second-order valence-corrected chi connectivity index (χ2v) is 6.30. The molecular weight excluding hydrogens is 320 g/mol. The molecule has 0 amide bonds. The maximum absolute atomic E-state index is 11.4. The summed E-state index contributed by atoms with van der Waals surface area (Å²) in [7, 11) is 1.38. The Hall–Kier alpha value is -1.46. The van der Waals surface area contributed by atoms with Crippen LogP contribution in [-0.2, 0) is 22.5 Å². The predicted octanol–water partition coefficient (Wildman–Crippen LogP) is 3.80. The molecule has 0 aliphatic carbocycles. The fraction of sp³-hybridized carbons (Fsp3) is 0.375. The molecule has 0 saturated heterocycles. The average Bonchev–Trinajstić information content (AvgIpc) is 2.88. The van der Waals surface area contributed by atoms with Gasteiger partial charge in [0, 0.05) is 17.0 Å². The van der Waals surface area contributed by atoms with Gasteiger partial charge in [0.05, 0.1) is 25.8 Å². The van der Waals surface area contributed by atoms with Gasteiger partial charge in [-0.05, 0) is 18.1 Å². The fourth-order valence-corrected chi connectivity index (χ4v) is 3.04. The molecule has 118 valence electrons. The van der Waals surface area contributed by atoms with Crippen LogP contribution < -0.4 is 0 Å². The standard InChI is InChI=1S/C16H19ClN2O2S/c1-3-8-22-16-18-13(9-15(20)21-2)11-19(16)10-12-6-4-5-7-14(12)17/h4-7,11H,3,8-10H2,1-2H3. The lowest BCUT2D eigenvalue weighted by Gasteiger charge is -2.08. The second-order valence-electron chi connectivity index (χ2n) is 4.84. The summed E-state index contributed by atoms with van der Waals surface area (Å²) in [6.07, 6.45) is 3.15. The molecule has 0 spiro atoms. The number of aromatic nitrogens is 2. The van der Waals surface area contributed by atoms with Crippen molar-refractivity contribution in [2.24, 2.45) is 0 Å². The summed E-state index contributed by atoms with van der Waals surface area (Å²) in [5.41, 5.74) is 1.75. The zero-order valence-electron chi connectivity index (χ0n) is 12.7. The molecule has 1 aromatic heterocycles. The van der Waals surface area contributed by atoms with E-state index in [9.17, 15) is 4.79 Å². The number of nitrogens with zero attached hydrogens (tertiary/aromatic N) is 2. The van der Waals surface area contributed by atoms with E-state index in [4.69, 9.17) is 16.3 Å². The van der Waals surface area contributed by atoms with Crippen molar-refractivity contribution in [2.75, 3.05) is 12.9 Å². The van der Waals surface area contributed by atoms with Crippen LogP contribution >= 0.6 is 23.4 Å². The number of carbonyl (C=O) groups is 1. The quantitative estimate of drug-likeness (QED) is 0.569. The number of hydrogen-bond acceptors (Lipinski definition) is 4. The van der Waals surface area contributed by atoms with Crippen LogP contribution in [0.2, 0.25) is 5.02 Å². The van der Waals surface area contributed by atoms with Gasteiger partial charge in [-0.15, -0.1) is 0 Å². The molecule has 2 aromatic rings. The Morgan fingerprint density at radius 2 is 2.18 bits per heavy atom. The number of rotatable bonds is 7. The first-order chi connectivity index (χ1) is 10.6. The highest BCUT2D eigenvalue weighted by atomic mass is 35.5. The summed E-state index contributed by atoms with van der Waals surface area (Å²) < 4.78 is 6.75. The molecule has 0 atom stereocenters. The van der Waals surface area contributed by atoms with Gasteiger partial charge in [-0.2, -0.15) is 0 Å². The lowest BCUT2D eigenvalue weighted by Crippen LogP contribution is -2.04. The van der Waals surface area contributed by atoms with Crippen molar-refractivity contribution in [1.82, 2.24) is 9.55 Å². The Balaban J connectivity index is 2.23. The maximum Gasteiger partial charge on any atom is 0.311 e. The van der Waals surface area contributed by atoms with Crippen LogP contribution in [0.5, 0.6) is 0 Å². The topological polar surface area (TPSA) is 44.1 Å². The minimum atomic E-state index is -0.283. The highest BCUT2D eigenvalue weighted by molar-refractivity contribution is 7.99. The van der Waals surface area contributed by atoms with Gasteiger partial charge < -0.3 is 9.30 Å². The summed E-state index contributed by atoms with van der Waals surface area (Å²) in [4.78, 5) is 16.0. The molecule has 0 fully saturated rings. The molecule has 0 aliphatic rings. The first-order valence-corrected chi connectivity index (χ1v) is 8.49. The maximum atomic E-state index is 11.4. The number of benzene rings is 1. The molecule has 0 saturated carbocycles. The number of esters is 1. The van der Waals surface area contributed by atoms with Crippen LogP contribution in [0.15, 0.2) is 35.6 Å². The number of halogens is 1. The minimum Gasteiger partial charge on any atom is -0.469 e. The molecule has 0 N–H and O–H groups in total. The SMILES string of the molecule is CCCSc1nc(CC(=O)OC)cn1Cc1ccccc1Cl. The summed E-state index contributed by atoms with van der Waals surface area (Å²) in [5.74, 6) is 0.700. The van der Waals surface area contributed by atoms with E-state index in [1.165, 1.54) is 7.11 Å². The van der Waals surface area contributed by atoms with Crippen LogP contribution in [0.1, 0.15) is 24.6 Å². The Labute approximate surface area is 139 Å². The molecule has 4 nitrogen and oxygen atoms in total. The van der Waals surface area contributed by atoms with Gasteiger partial charge in [0.1, 0.15) is 0 Å². The summed E-state index contributed by atoms with van der Waals surface area (Å²) in [6, 6.07) is 7.75. The molecule has 0 aliphatic heterocycles. The number of ether oxygens (including phenoxy) is 1. The number of thioether (sulfide) groups is 1. The molecule has 0 unspecified atom stereocenters. The minimum absolute atomic E-state index is 0.186. The molecule has 6 heteroatoms. The van der Waals surface area contributed by atoms with E-state index < -0.39 is 0 Å². The lowest BCUT2D eigenvalue weighted by molar-refractivity contribution is -0.139. The van der Waals surface area contributed by atoms with E-state index in [-0.39, 0.29) is 12.4 Å². The molecule has 22 heavy (non-hydrogen) atoms. The van der Waals surface area contributed by atoms with Crippen molar-refractivity contribution >= 4 is 29.3 Å². The lowest BCUT2D eigenvalue weighted by atomic mass is 10.2. The normalized spacial score (nSPS) is 10.7. The molecule has 2 rings (SSSR count). The molecule has 1 aromatic carbocycles. The third kappa shape index (κ3) is 4.52. The first kappa shape index (κ1) is 16.9. The number of methoxy groups -OCH3 is 1. The predicted molar refractivity (Wildman–Crippen MR) is 89.5 cm³/mol. The summed E-state index contributed by atoms with van der Waals surface area (Å²) >= 11 is 7.91. The summed E-state index contributed by atoms with van der Waals surface area (Å²) in [5, 5.41) is 1.64. The van der Waals surface area contributed by atoms with E-state index in [0.29, 0.717) is 6.54 Å². The number of hydrogen-bond donors (Lipinski definition) is 0. The Bertz CT molecular complexity index is 643. The average molecular weight is 339 g/mol. The number of carbonyl (C=O) groups excluding carboxylic acids is 1. The Morgan fingerprint density at radius 1 is 1.41 bits per heavy atom. The van der Waals surface area contributed by atoms with Crippen LogP contribution in [0, 0.1) is 0 Å². The van der Waals surface area contributed by atoms with Crippen LogP contribution in [0.25, 0.3) is 0 Å². The van der Waals surface area contributed by atoms with Crippen molar-refractivity contribution in [3.8, 4) is 0 Å². The van der Waals surface area contributed by atoms with Crippen molar-refractivity contribution in [3.05, 3.63) is 46.7 Å². The van der Waals surface area contributed by atoms with E-state index >= 15 is 0 Å². The first-order valence-electron chi connectivity index (χ1n) is 7.13. The van der Waals surface area contributed by atoms with Gasteiger partial charge in [-0.3, -0.25) is 4.79 Å². The highest BCUT2D eigenvalue weighted by Crippen LogP contribution is 2.23. The van der Waals surface area contributed by atoms with Gasteiger partial charge in [-0.25, -0.2) is 4.98 Å². The molecule has 0 bridgehead atoms. The fourth-order valence-electron chi connectivity index (χ4n) is 1.99. The smallest absolute Gasteiger partial charge is 0.311 e. The molecule has 0 radical (unpaired) electrons. The van der Waals surface area contributed by atoms with Gasteiger partial charge >= 0.3 is 5.97 Å². The van der Waals surface area contributed by atoms with E-state index in [0.717, 1.165) is 33.6 Å². The highest BCUT2D eigenvalue weighted by Gasteiger charge is 2.13. The van der Waals surface area contributed by atoms with Gasteiger partial charge in [0.25, 0.3) is 0 Å². The van der Waals surface area contributed by atoms with E-state index in [1.54, 1.807) is 11.8 Å². The largest absolute Gasteiger partial charge is 0.469 e. The molecular formula is C16H19ClN2O2S. The van der Waals surface area contributed by atoms with Gasteiger partial charge in [0.2, 0.25) is 0 Å². The summed E-state index contributed by atoms with van der Waals surface area (Å²) in [6.45, 7) is 2.77. The third-order valence-electron chi connectivity index (χ3n) is 3.08. The van der Waals surface area contributed by atoms with E-state index in [2.05, 4.69) is 11.9 Å². The Kier molecular flexibility index (Phi) is 6.34. The third-order valence-corrected chi connectivity index (χ3v) is 4.64. The van der Waals surface area contributed by atoms with Crippen molar-refractivity contribution < 1.29 is 9.53 Å². The second kappa shape index (κ2) is 8.25.